The molecule has 2 heterocycles. The summed E-state index contributed by atoms with van der Waals surface area (Å²) in [6.07, 6.45) is 3.00. The van der Waals surface area contributed by atoms with Crippen molar-refractivity contribution >= 4 is 57.6 Å². The van der Waals surface area contributed by atoms with Crippen LogP contribution in [0.15, 0.2) is 93.5 Å². The maximum atomic E-state index is 10.0. The molecule has 1 radical (unpaired) electrons. The molecule has 0 amide bonds. The van der Waals surface area contributed by atoms with Crippen LogP contribution in [-0.2, 0) is 16.8 Å². The molecule has 4 aromatic rings. The van der Waals surface area contributed by atoms with Gasteiger partial charge in [0, 0.05) is 78.9 Å². The number of aromatic hydroxyl groups is 2. The molecule has 0 saturated carbocycles. The molecule has 10 nitrogen and oxygen atoms in total. The monoisotopic (exact) mass is 702 g/mol. The van der Waals surface area contributed by atoms with Crippen molar-refractivity contribution in [1.29, 1.82) is 0 Å². The third-order valence-corrected chi connectivity index (χ3v) is 6.57. The van der Waals surface area contributed by atoms with Crippen LogP contribution in [0.5, 0.6) is 11.5 Å². The predicted octanol–water partition coefficient (Wildman–Crippen LogP) is 6.41. The third-order valence-electron chi connectivity index (χ3n) is 6.12. The van der Waals surface area contributed by atoms with Gasteiger partial charge >= 0.3 is 0 Å². The minimum absolute atomic E-state index is 0. The Morgan fingerprint density at radius 3 is 1.23 bits per heavy atom. The zero-order chi connectivity index (χ0) is 30.5. The summed E-state index contributed by atoms with van der Waals surface area (Å²) in [7, 11) is 0. The number of rotatable bonds is 10. The van der Waals surface area contributed by atoms with E-state index >= 15 is 0 Å². The van der Waals surface area contributed by atoms with E-state index in [0.29, 0.717) is 33.1 Å². The summed E-state index contributed by atoms with van der Waals surface area (Å²) < 4.78 is 0. The molecule has 0 unspecified atom stereocenters. The molecular weight excluding hydrogens is 670 g/mol. The van der Waals surface area contributed by atoms with Crippen molar-refractivity contribution in [3.63, 3.8) is 0 Å². The molecule has 2 aromatic heterocycles. The van der Waals surface area contributed by atoms with Crippen LogP contribution in [0.25, 0.3) is 0 Å². The van der Waals surface area contributed by atoms with Crippen molar-refractivity contribution < 1.29 is 39.4 Å². The zero-order valence-corrected chi connectivity index (χ0v) is 28.0. The molecule has 14 heteroatoms. The van der Waals surface area contributed by atoms with Gasteiger partial charge in [0.15, 0.2) is 11.6 Å². The van der Waals surface area contributed by atoms with E-state index in [1.165, 1.54) is 12.4 Å². The van der Waals surface area contributed by atoms with Crippen molar-refractivity contribution in [2.75, 3.05) is 36.0 Å². The predicted molar refractivity (Wildman–Crippen MR) is 170 cm³/mol. The summed E-state index contributed by atoms with van der Waals surface area (Å²) in [5.74, 6) is 1.06. The maximum Gasteiger partial charge on any atom is 0.174 e. The Hall–Kier alpha value is -3.48. The number of hydrogen-bond acceptors (Lipinski definition) is 10. The standard InChI is InChI=1S/2C15H17ClN4O.ClH.Co/c2*1-3-20(4-2)12-6-7-13(14(21)9-12)18-19-15-8-5-11(16)10-17-15;;/h2*5-10,21H,3-4H2,1-2H3;1H;/p-1. The number of pyridine rings is 2. The molecule has 0 saturated heterocycles. The molecule has 237 valence electrons. The molecule has 2 aromatic carbocycles. The van der Waals surface area contributed by atoms with Crippen molar-refractivity contribution in [3.8, 4) is 11.5 Å². The Morgan fingerprint density at radius 2 is 0.955 bits per heavy atom. The molecule has 2 N–H and O–H groups in total. The van der Waals surface area contributed by atoms with Crippen LogP contribution in [0.2, 0.25) is 10.0 Å². The van der Waals surface area contributed by atoms with Gasteiger partial charge in [-0.1, -0.05) is 23.2 Å². The second-order valence-corrected chi connectivity index (χ2v) is 9.63. The fourth-order valence-corrected chi connectivity index (χ4v) is 4.05. The molecule has 0 spiro atoms. The van der Waals surface area contributed by atoms with Crippen LogP contribution >= 0.6 is 23.2 Å². The van der Waals surface area contributed by atoms with E-state index in [2.05, 4.69) is 67.9 Å². The van der Waals surface area contributed by atoms with Crippen molar-refractivity contribution in [2.24, 2.45) is 20.5 Å². The third kappa shape index (κ3) is 11.5. The van der Waals surface area contributed by atoms with E-state index in [9.17, 15) is 10.2 Å². The normalized spacial score (nSPS) is 10.5. The number of hydrogen-bond donors (Lipinski definition) is 2. The summed E-state index contributed by atoms with van der Waals surface area (Å²) >= 11 is 11.5. The number of nitrogens with zero attached hydrogens (tertiary/aromatic N) is 8. The number of azo groups is 2. The van der Waals surface area contributed by atoms with Gasteiger partial charge in [-0.25, -0.2) is 9.97 Å². The first-order valence-electron chi connectivity index (χ1n) is 13.5. The molecule has 44 heavy (non-hydrogen) atoms. The molecule has 4 rings (SSSR count). The van der Waals surface area contributed by atoms with Crippen molar-refractivity contribution in [1.82, 2.24) is 9.97 Å². The number of anilines is 2. The summed E-state index contributed by atoms with van der Waals surface area (Å²) in [5, 5.41) is 37.1. The van der Waals surface area contributed by atoms with Gasteiger partial charge in [-0.05, 0) is 76.2 Å². The molecule has 0 aliphatic heterocycles. The van der Waals surface area contributed by atoms with E-state index < -0.39 is 0 Å². The Balaban J connectivity index is 0.000000421. The van der Waals surface area contributed by atoms with Gasteiger partial charge in [0.2, 0.25) is 0 Å². The Morgan fingerprint density at radius 1 is 0.591 bits per heavy atom. The van der Waals surface area contributed by atoms with Gasteiger partial charge in [0.1, 0.15) is 22.9 Å². The minimum atomic E-state index is 0. The van der Waals surface area contributed by atoms with Gasteiger partial charge in [0.05, 0.1) is 10.0 Å². The largest absolute Gasteiger partial charge is 1.00 e. The van der Waals surface area contributed by atoms with E-state index in [4.69, 9.17) is 23.2 Å². The number of phenols is 2. The summed E-state index contributed by atoms with van der Waals surface area (Å²) in [6.45, 7) is 11.8. The molecular formula is C30H34Cl3CoN8O2-. The first-order valence-corrected chi connectivity index (χ1v) is 14.3. The number of aromatic nitrogens is 2. The van der Waals surface area contributed by atoms with Crippen molar-refractivity contribution in [2.45, 2.75) is 27.7 Å². The van der Waals surface area contributed by atoms with Gasteiger partial charge < -0.3 is 32.4 Å². The van der Waals surface area contributed by atoms with Crippen LogP contribution < -0.4 is 22.2 Å². The first-order chi connectivity index (χ1) is 20.3. The SMILES string of the molecule is CCN(CC)c1ccc(N=Nc2ccc(Cl)cn2)c(O)c1.CCN(CC)c1ccc(N=Nc2ccc(Cl)cn2)c(O)c1.[Cl-].[Co]. The van der Waals surface area contributed by atoms with Crippen LogP contribution in [0.3, 0.4) is 0 Å². The van der Waals surface area contributed by atoms with Gasteiger partial charge in [-0.2, -0.15) is 0 Å². The van der Waals surface area contributed by atoms with Gasteiger partial charge in [-0.15, -0.1) is 20.5 Å². The second kappa shape index (κ2) is 19.7. The fraction of sp³-hybridized carbons (Fsp3) is 0.267. The molecule has 0 fully saturated rings. The van der Waals surface area contributed by atoms with Crippen LogP contribution in [0, 0.1) is 0 Å². The maximum absolute atomic E-state index is 10.0. The molecule has 0 aliphatic rings. The second-order valence-electron chi connectivity index (χ2n) is 8.76. The smallest absolute Gasteiger partial charge is 0.174 e. The van der Waals surface area contributed by atoms with Crippen molar-refractivity contribution in [3.05, 3.63) is 83.1 Å². The van der Waals surface area contributed by atoms with Crippen LogP contribution in [0.1, 0.15) is 27.7 Å². The topological polar surface area (TPSA) is 122 Å². The molecule has 0 bridgehead atoms. The van der Waals surface area contributed by atoms with Gasteiger partial charge in [0.25, 0.3) is 0 Å². The quantitative estimate of drug-likeness (QED) is 0.184. The Kier molecular flexibility index (Phi) is 17.3. The zero-order valence-electron chi connectivity index (χ0n) is 24.7. The summed E-state index contributed by atoms with van der Waals surface area (Å²) in [5.41, 5.74) is 2.73. The number of halogens is 3. The number of benzene rings is 2. The van der Waals surface area contributed by atoms with E-state index in [1.54, 1.807) is 48.5 Å². The van der Waals surface area contributed by atoms with Crippen LogP contribution in [-0.4, -0.2) is 46.4 Å². The number of phenolic OH excluding ortho intramolecular Hbond substituents is 2. The fourth-order valence-electron chi connectivity index (χ4n) is 3.83. The Labute approximate surface area is 284 Å². The minimum Gasteiger partial charge on any atom is -1.00 e. The summed E-state index contributed by atoms with van der Waals surface area (Å²) in [6, 6.07) is 17.4. The molecule has 0 aliphatic carbocycles. The molecule has 0 atom stereocenters. The van der Waals surface area contributed by atoms with Gasteiger partial charge in [-0.3, -0.25) is 0 Å². The average Bonchev–Trinajstić information content (AvgIpc) is 2.99. The van der Waals surface area contributed by atoms with E-state index in [1.807, 2.05) is 12.1 Å². The van der Waals surface area contributed by atoms with Crippen LogP contribution in [0.4, 0.5) is 34.4 Å². The average molecular weight is 704 g/mol. The van der Waals surface area contributed by atoms with E-state index in [0.717, 1.165) is 37.6 Å². The first kappa shape index (κ1) is 38.5. The Bertz CT molecular complexity index is 1370. The van der Waals surface area contributed by atoms with E-state index in [-0.39, 0.29) is 40.7 Å². The summed E-state index contributed by atoms with van der Waals surface area (Å²) in [4.78, 5) is 12.3.